The molecule has 0 spiro atoms. The van der Waals surface area contributed by atoms with Crippen molar-refractivity contribution in [3.63, 3.8) is 0 Å². The molecule has 0 amide bonds. The number of hydrogen-bond donors (Lipinski definition) is 0. The van der Waals surface area contributed by atoms with Crippen LogP contribution in [0.2, 0.25) is 0 Å². The summed E-state index contributed by atoms with van der Waals surface area (Å²) in [5.41, 5.74) is -0.237. The van der Waals surface area contributed by atoms with Crippen LogP contribution in [0.1, 0.15) is 61.0 Å². The largest absolute Gasteiger partial charge is 0.326 e. The molecule has 0 aliphatic rings. The molecule has 0 unspecified atom stereocenters. The molecule has 0 aliphatic heterocycles. The summed E-state index contributed by atoms with van der Waals surface area (Å²) < 4.78 is 51.8. The van der Waals surface area contributed by atoms with Gasteiger partial charge in [0.25, 0.3) is 0 Å². The van der Waals surface area contributed by atoms with Crippen LogP contribution in [0.3, 0.4) is 0 Å². The first-order valence-electron chi connectivity index (χ1n) is 9.10. The molecule has 0 saturated heterocycles. The first-order chi connectivity index (χ1) is 12.0. The van der Waals surface area contributed by atoms with Crippen LogP contribution >= 0.6 is 8.45 Å². The van der Waals surface area contributed by atoms with E-state index in [1.165, 1.54) is 0 Å². The average molecular weight is 392 g/mol. The number of hydrogen-bond acceptors (Lipinski definition) is 3. The van der Waals surface area contributed by atoms with Crippen molar-refractivity contribution in [1.82, 2.24) is 9.34 Å². The zero-order valence-corrected chi connectivity index (χ0v) is 17.9. The molecule has 0 heterocycles. The Kier molecular flexibility index (Phi) is 9.01. The lowest BCUT2D eigenvalue weighted by Crippen LogP contribution is -2.43. The van der Waals surface area contributed by atoms with Gasteiger partial charge in [0.2, 0.25) is 0 Å². The van der Waals surface area contributed by atoms with Crippen molar-refractivity contribution in [3.05, 3.63) is 35.1 Å². The summed E-state index contributed by atoms with van der Waals surface area (Å²) in [5.74, 6) is -2.76. The Bertz CT molecular complexity index is 523. The topological polar surface area (TPSA) is 15.7 Å². The molecule has 3 nitrogen and oxygen atoms in total. The summed E-state index contributed by atoms with van der Waals surface area (Å²) in [7, 11) is -1.26. The lowest BCUT2D eigenvalue weighted by molar-refractivity contribution is 0.179. The summed E-state index contributed by atoms with van der Waals surface area (Å²) in [6.07, 6.45) is 0. The van der Waals surface area contributed by atoms with E-state index in [0.29, 0.717) is 12.1 Å². The van der Waals surface area contributed by atoms with Crippen molar-refractivity contribution >= 4 is 8.45 Å². The van der Waals surface area contributed by atoms with Gasteiger partial charge < -0.3 is 4.52 Å². The van der Waals surface area contributed by atoms with Crippen molar-refractivity contribution in [1.29, 1.82) is 0 Å². The number of halogens is 3. The van der Waals surface area contributed by atoms with Gasteiger partial charge in [-0.2, -0.15) is 0 Å². The average Bonchev–Trinajstić information content (AvgIpc) is 2.43. The van der Waals surface area contributed by atoms with Crippen molar-refractivity contribution in [3.8, 4) is 0 Å². The molecule has 0 radical (unpaired) electrons. The van der Waals surface area contributed by atoms with Crippen LogP contribution in [0.15, 0.2) is 12.1 Å². The molecule has 1 aromatic rings. The fourth-order valence-corrected chi connectivity index (χ4v) is 5.40. The van der Waals surface area contributed by atoms with Crippen molar-refractivity contribution in [2.45, 2.75) is 86.2 Å². The highest BCUT2D eigenvalue weighted by molar-refractivity contribution is 7.47. The van der Waals surface area contributed by atoms with Crippen LogP contribution in [0.25, 0.3) is 0 Å². The van der Waals surface area contributed by atoms with Crippen LogP contribution in [0.4, 0.5) is 13.2 Å². The lowest BCUT2D eigenvalue weighted by Gasteiger charge is -2.45. The number of nitrogens with zero attached hydrogens (tertiary/aromatic N) is 2. The smallest absolute Gasteiger partial charge is 0.189 e. The Morgan fingerprint density at radius 1 is 0.769 bits per heavy atom. The second kappa shape index (κ2) is 10.0. The van der Waals surface area contributed by atoms with Crippen LogP contribution < -0.4 is 0 Å². The van der Waals surface area contributed by atoms with E-state index in [1.54, 1.807) is 0 Å². The van der Waals surface area contributed by atoms with Crippen molar-refractivity contribution < 1.29 is 17.7 Å². The normalized spacial score (nSPS) is 12.8. The van der Waals surface area contributed by atoms with E-state index >= 15 is 0 Å². The summed E-state index contributed by atoms with van der Waals surface area (Å²) in [4.78, 5) is 0. The molecule has 0 N–H and O–H groups in total. The molecule has 0 atom stereocenters. The monoisotopic (exact) mass is 392 g/mol. The van der Waals surface area contributed by atoms with Gasteiger partial charge in [0.15, 0.2) is 8.45 Å². The summed E-state index contributed by atoms with van der Waals surface area (Å²) in [5, 5.41) is 0. The first-order valence-corrected chi connectivity index (χ1v) is 10.3. The maximum atomic E-state index is 14.0. The first kappa shape index (κ1) is 23.4. The molecular formula is C19H32F3N2OP. The molecule has 0 aliphatic carbocycles. The molecular weight excluding hydrogens is 360 g/mol. The van der Waals surface area contributed by atoms with Gasteiger partial charge in [-0.25, -0.2) is 22.5 Å². The highest BCUT2D eigenvalue weighted by Crippen LogP contribution is 2.51. The van der Waals surface area contributed by atoms with Crippen LogP contribution in [-0.2, 0) is 11.1 Å². The molecule has 1 aromatic carbocycles. The highest BCUT2D eigenvalue weighted by Gasteiger charge is 2.34. The van der Waals surface area contributed by atoms with Gasteiger partial charge in [-0.05, 0) is 55.4 Å². The van der Waals surface area contributed by atoms with Gasteiger partial charge in [0.1, 0.15) is 17.5 Å². The maximum Gasteiger partial charge on any atom is 0.189 e. The third-order valence-corrected chi connectivity index (χ3v) is 6.94. The quantitative estimate of drug-likeness (QED) is 0.473. The predicted octanol–water partition coefficient (Wildman–Crippen LogP) is 6.09. The van der Waals surface area contributed by atoms with Gasteiger partial charge in [0, 0.05) is 41.9 Å². The van der Waals surface area contributed by atoms with E-state index < -0.39 is 25.9 Å². The van der Waals surface area contributed by atoms with Crippen LogP contribution in [-0.4, -0.2) is 33.5 Å². The van der Waals surface area contributed by atoms with E-state index in [-0.39, 0.29) is 36.3 Å². The fraction of sp³-hybridized carbons (Fsp3) is 0.684. The van der Waals surface area contributed by atoms with Gasteiger partial charge in [-0.1, -0.05) is 0 Å². The lowest BCUT2D eigenvalue weighted by atomic mass is 10.2. The van der Waals surface area contributed by atoms with Gasteiger partial charge in [-0.3, -0.25) is 0 Å². The van der Waals surface area contributed by atoms with E-state index in [9.17, 15) is 13.2 Å². The standard InChI is InChI=1S/C19H32F3N2OP/c1-12(2)23(13(3)4)26(24(14(5)6)15(7)8)25-11-17-18(21)9-16(20)10-19(17)22/h9-10,12-15H,11H2,1-8H3. The number of benzene rings is 1. The van der Waals surface area contributed by atoms with E-state index in [4.69, 9.17) is 4.52 Å². The molecule has 0 aromatic heterocycles. The summed E-state index contributed by atoms with van der Waals surface area (Å²) in [6.45, 7) is 16.4. The zero-order chi connectivity index (χ0) is 20.2. The Labute approximate surface area is 157 Å². The van der Waals surface area contributed by atoms with Gasteiger partial charge in [-0.15, -0.1) is 0 Å². The maximum absolute atomic E-state index is 14.0. The van der Waals surface area contributed by atoms with Crippen molar-refractivity contribution in [2.75, 3.05) is 0 Å². The summed E-state index contributed by atoms with van der Waals surface area (Å²) in [6, 6.07) is 2.17. The molecule has 7 heteroatoms. The van der Waals surface area contributed by atoms with E-state index in [0.717, 1.165) is 0 Å². The molecule has 0 fully saturated rings. The second-order valence-electron chi connectivity index (χ2n) is 7.51. The Morgan fingerprint density at radius 3 is 1.42 bits per heavy atom. The molecule has 0 bridgehead atoms. The number of rotatable bonds is 9. The minimum atomic E-state index is -1.26. The van der Waals surface area contributed by atoms with E-state index in [1.807, 2.05) is 0 Å². The molecule has 26 heavy (non-hydrogen) atoms. The highest BCUT2D eigenvalue weighted by atomic mass is 31.2. The fourth-order valence-electron chi connectivity index (χ4n) is 3.07. The third-order valence-electron chi connectivity index (χ3n) is 3.94. The Morgan fingerprint density at radius 2 is 1.12 bits per heavy atom. The van der Waals surface area contributed by atoms with Crippen LogP contribution in [0.5, 0.6) is 0 Å². The van der Waals surface area contributed by atoms with Gasteiger partial charge >= 0.3 is 0 Å². The SMILES string of the molecule is CC(C)N(C(C)C)P(OCc1c(F)cc(F)cc1F)N(C(C)C)C(C)C. The van der Waals surface area contributed by atoms with Gasteiger partial charge in [0.05, 0.1) is 6.61 Å². The summed E-state index contributed by atoms with van der Waals surface area (Å²) >= 11 is 0. The molecule has 1 rings (SSSR count). The Hall–Kier alpha value is -0.680. The minimum Gasteiger partial charge on any atom is -0.326 e. The predicted molar refractivity (Wildman–Crippen MR) is 102 cm³/mol. The molecule has 150 valence electrons. The third kappa shape index (κ3) is 5.91. The Balaban J connectivity index is 3.21. The zero-order valence-electron chi connectivity index (χ0n) is 17.1. The van der Waals surface area contributed by atoms with E-state index in [2.05, 4.69) is 64.7 Å². The second-order valence-corrected chi connectivity index (χ2v) is 9.20. The molecule has 0 saturated carbocycles. The van der Waals surface area contributed by atoms with Crippen molar-refractivity contribution in [2.24, 2.45) is 0 Å². The van der Waals surface area contributed by atoms with Crippen LogP contribution in [0, 0.1) is 17.5 Å². The minimum absolute atomic E-state index is 0.198.